The summed E-state index contributed by atoms with van der Waals surface area (Å²) in [5.41, 5.74) is 1.88. The highest BCUT2D eigenvalue weighted by atomic mass is 79.9. The number of nitrogens with one attached hydrogen (secondary N) is 2. The average molecular weight is 487 g/mol. The predicted octanol–water partition coefficient (Wildman–Crippen LogP) is 5.96. The number of amides is 1. The molecule has 3 rings (SSSR count). The van der Waals surface area contributed by atoms with Crippen LogP contribution in [0, 0.1) is 0 Å². The minimum Gasteiger partial charge on any atom is -0.506 e. The van der Waals surface area contributed by atoms with Gasteiger partial charge in [-0.05, 0) is 75.0 Å². The molecule has 156 valence electrons. The highest BCUT2D eigenvalue weighted by Gasteiger charge is 2.19. The van der Waals surface area contributed by atoms with Crippen LogP contribution in [-0.2, 0) is 0 Å². The van der Waals surface area contributed by atoms with Crippen LogP contribution in [0.15, 0.2) is 53.0 Å². The van der Waals surface area contributed by atoms with Gasteiger partial charge in [0, 0.05) is 0 Å². The van der Waals surface area contributed by atoms with E-state index in [0.29, 0.717) is 27.4 Å². The maximum absolute atomic E-state index is 12.9. The molecule has 0 heterocycles. The van der Waals surface area contributed by atoms with Crippen molar-refractivity contribution >= 4 is 55.6 Å². The first kappa shape index (κ1) is 22.1. The third-order valence-electron chi connectivity index (χ3n) is 5.07. The molecular formula is C23H23BrN2O3S. The molecule has 0 aliphatic heterocycles. The summed E-state index contributed by atoms with van der Waals surface area (Å²) in [7, 11) is 1.51. The van der Waals surface area contributed by atoms with Crippen LogP contribution in [0.2, 0.25) is 0 Å². The lowest BCUT2D eigenvalue weighted by Gasteiger charge is -2.16. The topological polar surface area (TPSA) is 70.6 Å². The molecule has 0 fully saturated rings. The van der Waals surface area contributed by atoms with E-state index in [1.54, 1.807) is 12.1 Å². The van der Waals surface area contributed by atoms with Crippen LogP contribution >= 0.6 is 28.1 Å². The van der Waals surface area contributed by atoms with Gasteiger partial charge in [0.25, 0.3) is 5.91 Å². The van der Waals surface area contributed by atoms with E-state index in [0.717, 1.165) is 22.8 Å². The summed E-state index contributed by atoms with van der Waals surface area (Å²) in [5.74, 6) is 0.419. The second-order valence-electron chi connectivity index (χ2n) is 6.99. The van der Waals surface area contributed by atoms with E-state index in [-0.39, 0.29) is 10.9 Å². The molecule has 1 unspecified atom stereocenters. The fourth-order valence-corrected chi connectivity index (χ4v) is 4.11. The first-order valence-corrected chi connectivity index (χ1v) is 10.8. The van der Waals surface area contributed by atoms with E-state index in [2.05, 4.69) is 40.4 Å². The quantitative estimate of drug-likeness (QED) is 0.306. The molecular weight excluding hydrogens is 464 g/mol. The Labute approximate surface area is 189 Å². The fraction of sp³-hybridized carbons (Fsp3) is 0.217. The van der Waals surface area contributed by atoms with Crippen LogP contribution < -0.4 is 15.4 Å². The number of phenolic OH excluding ortho intramolecular Hbond substituents is 1. The lowest BCUT2D eigenvalue weighted by molar-refractivity contribution is 0.0975. The lowest BCUT2D eigenvalue weighted by atomic mass is 9.98. The summed E-state index contributed by atoms with van der Waals surface area (Å²) in [5, 5.41) is 17.7. The van der Waals surface area contributed by atoms with Gasteiger partial charge < -0.3 is 15.2 Å². The largest absolute Gasteiger partial charge is 0.506 e. The molecule has 0 saturated heterocycles. The number of phenols is 1. The van der Waals surface area contributed by atoms with Gasteiger partial charge in [-0.25, -0.2) is 0 Å². The van der Waals surface area contributed by atoms with Gasteiger partial charge in [0.2, 0.25) is 0 Å². The smallest absolute Gasteiger partial charge is 0.261 e. The summed E-state index contributed by atoms with van der Waals surface area (Å²) in [6.45, 7) is 4.21. The van der Waals surface area contributed by atoms with Gasteiger partial charge in [0.05, 0.1) is 22.8 Å². The predicted molar refractivity (Wildman–Crippen MR) is 129 cm³/mol. The molecule has 0 spiro atoms. The van der Waals surface area contributed by atoms with Crippen molar-refractivity contribution in [2.45, 2.75) is 26.2 Å². The first-order chi connectivity index (χ1) is 14.3. The SMILES string of the molecule is CCC(C)c1ccc(O)c(NC(=S)NC(=O)c2cc3ccccc3c(Br)c2OC)c1. The number of ether oxygens (including phenoxy) is 1. The number of carbonyl (C=O) groups excluding carboxylic acids is 1. The number of hydrogen-bond acceptors (Lipinski definition) is 4. The summed E-state index contributed by atoms with van der Waals surface area (Å²) >= 11 is 8.84. The zero-order chi connectivity index (χ0) is 21.8. The zero-order valence-corrected chi connectivity index (χ0v) is 19.4. The Bertz CT molecular complexity index is 1120. The number of carbonyl (C=O) groups is 1. The number of rotatable bonds is 5. The molecule has 0 aliphatic rings. The molecule has 1 amide bonds. The maximum Gasteiger partial charge on any atom is 0.261 e. The molecule has 1 atom stereocenters. The van der Waals surface area contributed by atoms with Gasteiger partial charge in [-0.2, -0.15) is 0 Å². The fourth-order valence-electron chi connectivity index (χ4n) is 3.17. The van der Waals surface area contributed by atoms with Crippen LogP contribution in [0.5, 0.6) is 11.5 Å². The van der Waals surface area contributed by atoms with Crippen LogP contribution in [0.1, 0.15) is 42.1 Å². The van der Waals surface area contributed by atoms with Gasteiger partial charge in [0.15, 0.2) is 5.11 Å². The van der Waals surface area contributed by atoms with Gasteiger partial charge in [-0.3, -0.25) is 10.1 Å². The van der Waals surface area contributed by atoms with Crippen LogP contribution in [0.4, 0.5) is 5.69 Å². The monoisotopic (exact) mass is 486 g/mol. The molecule has 0 radical (unpaired) electrons. The van der Waals surface area contributed by atoms with Crippen molar-refractivity contribution in [1.29, 1.82) is 0 Å². The number of benzene rings is 3. The summed E-state index contributed by atoms with van der Waals surface area (Å²) in [6.07, 6.45) is 0.974. The third-order valence-corrected chi connectivity index (χ3v) is 6.06. The molecule has 7 heteroatoms. The molecule has 0 bridgehead atoms. The maximum atomic E-state index is 12.9. The van der Waals surface area contributed by atoms with E-state index in [1.807, 2.05) is 36.4 Å². The number of methoxy groups -OCH3 is 1. The van der Waals surface area contributed by atoms with E-state index in [9.17, 15) is 9.90 Å². The Morgan fingerprint density at radius 1 is 1.23 bits per heavy atom. The Hall–Kier alpha value is -2.64. The Kier molecular flexibility index (Phi) is 6.95. The third kappa shape index (κ3) is 4.57. The second kappa shape index (κ2) is 9.45. The summed E-state index contributed by atoms with van der Waals surface area (Å²) in [6, 6.07) is 14.8. The molecule has 0 aromatic heterocycles. The molecule has 0 saturated carbocycles. The minimum atomic E-state index is -0.409. The van der Waals surface area contributed by atoms with E-state index in [4.69, 9.17) is 17.0 Å². The van der Waals surface area contributed by atoms with Gasteiger partial charge in [-0.1, -0.05) is 44.2 Å². The minimum absolute atomic E-state index is 0.0599. The second-order valence-corrected chi connectivity index (χ2v) is 8.19. The standard InChI is InChI=1S/C23H23BrN2O3S/c1-4-13(2)14-9-10-19(27)18(12-14)25-23(30)26-22(28)17-11-15-7-5-6-8-16(15)20(24)21(17)29-3/h5-13,27H,4H2,1-3H3,(H2,25,26,28,30). The molecule has 3 aromatic carbocycles. The normalized spacial score (nSPS) is 11.7. The van der Waals surface area contributed by atoms with E-state index < -0.39 is 5.91 Å². The van der Waals surface area contributed by atoms with E-state index >= 15 is 0 Å². The number of thiocarbonyl (C=S) groups is 1. The number of anilines is 1. The van der Waals surface area contributed by atoms with Gasteiger partial charge in [-0.15, -0.1) is 0 Å². The van der Waals surface area contributed by atoms with Crippen molar-refractivity contribution in [3.63, 3.8) is 0 Å². The number of aromatic hydroxyl groups is 1. The number of hydrogen-bond donors (Lipinski definition) is 3. The van der Waals surface area contributed by atoms with Crippen LogP contribution in [0.3, 0.4) is 0 Å². The van der Waals surface area contributed by atoms with Crippen molar-refractivity contribution in [3.8, 4) is 11.5 Å². The molecule has 3 aromatic rings. The van der Waals surface area contributed by atoms with Crippen LogP contribution in [0.25, 0.3) is 10.8 Å². The summed E-state index contributed by atoms with van der Waals surface area (Å²) in [4.78, 5) is 12.9. The lowest BCUT2D eigenvalue weighted by Crippen LogP contribution is -2.34. The first-order valence-electron chi connectivity index (χ1n) is 9.56. The van der Waals surface area contributed by atoms with Gasteiger partial charge >= 0.3 is 0 Å². The van der Waals surface area contributed by atoms with Crippen molar-refractivity contribution < 1.29 is 14.6 Å². The Morgan fingerprint density at radius 2 is 1.97 bits per heavy atom. The Morgan fingerprint density at radius 3 is 2.67 bits per heavy atom. The Balaban J connectivity index is 1.84. The highest BCUT2D eigenvalue weighted by Crippen LogP contribution is 2.36. The van der Waals surface area contributed by atoms with Crippen LogP contribution in [-0.4, -0.2) is 23.2 Å². The molecule has 0 aliphatic carbocycles. The summed E-state index contributed by atoms with van der Waals surface area (Å²) < 4.78 is 6.17. The number of fused-ring (bicyclic) bond motifs is 1. The molecule has 3 N–H and O–H groups in total. The molecule has 5 nitrogen and oxygen atoms in total. The zero-order valence-electron chi connectivity index (χ0n) is 17.0. The van der Waals surface area contributed by atoms with Gasteiger partial charge in [0.1, 0.15) is 11.5 Å². The van der Waals surface area contributed by atoms with Crippen molar-refractivity contribution in [3.05, 3.63) is 64.1 Å². The highest BCUT2D eigenvalue weighted by molar-refractivity contribution is 9.10. The van der Waals surface area contributed by atoms with Crippen molar-refractivity contribution in [2.24, 2.45) is 0 Å². The van der Waals surface area contributed by atoms with E-state index in [1.165, 1.54) is 7.11 Å². The average Bonchev–Trinajstić information content (AvgIpc) is 2.74. The van der Waals surface area contributed by atoms with Crippen molar-refractivity contribution in [2.75, 3.05) is 12.4 Å². The molecule has 30 heavy (non-hydrogen) atoms. The van der Waals surface area contributed by atoms with Crippen molar-refractivity contribution in [1.82, 2.24) is 5.32 Å². The number of halogens is 1.